The molecule has 1 N–H and O–H groups in total. The molecule has 5 heteroatoms. The highest BCUT2D eigenvalue weighted by Crippen LogP contribution is 2.14. The van der Waals surface area contributed by atoms with E-state index in [-0.39, 0.29) is 17.8 Å². The molecule has 2 rings (SSSR count). The molecule has 0 aromatic heterocycles. The van der Waals surface area contributed by atoms with Gasteiger partial charge in [-0.15, -0.1) is 0 Å². The fourth-order valence-electron chi connectivity index (χ4n) is 2.38. The van der Waals surface area contributed by atoms with Crippen LogP contribution < -0.4 is 10.1 Å². The normalized spacial score (nSPS) is 10.9. The first-order chi connectivity index (χ1) is 14.0. The minimum Gasteiger partial charge on any atom is -0.494 e. The Morgan fingerprint density at radius 2 is 1.72 bits per heavy atom. The number of benzene rings is 2. The molecule has 0 fully saturated rings. The van der Waals surface area contributed by atoms with Crippen LogP contribution in [0.15, 0.2) is 54.6 Å². The number of hydrogen-bond donors (Lipinski definition) is 1. The second-order valence-electron chi connectivity index (χ2n) is 7.16. The van der Waals surface area contributed by atoms with Gasteiger partial charge in [0.2, 0.25) is 5.91 Å². The van der Waals surface area contributed by atoms with Gasteiger partial charge < -0.3 is 14.8 Å². The number of hydrogen-bond acceptors (Lipinski definition) is 4. The van der Waals surface area contributed by atoms with Crippen molar-refractivity contribution in [2.45, 2.75) is 33.6 Å². The van der Waals surface area contributed by atoms with Gasteiger partial charge in [-0.05, 0) is 60.4 Å². The van der Waals surface area contributed by atoms with Gasteiger partial charge in [0, 0.05) is 11.8 Å². The highest BCUT2D eigenvalue weighted by atomic mass is 16.5. The number of ether oxygens (including phenoxy) is 2. The SMILES string of the molecule is CCCCOc1ccc(C=CC(=O)Nc2ccc(C(=O)OCC(C)C)cc2)cc1. The second-order valence-corrected chi connectivity index (χ2v) is 7.16. The molecule has 5 nitrogen and oxygen atoms in total. The van der Waals surface area contributed by atoms with E-state index in [1.807, 2.05) is 38.1 Å². The maximum Gasteiger partial charge on any atom is 0.338 e. The van der Waals surface area contributed by atoms with Crippen LogP contribution in [0.5, 0.6) is 5.75 Å². The summed E-state index contributed by atoms with van der Waals surface area (Å²) in [7, 11) is 0. The number of amides is 1. The molecule has 29 heavy (non-hydrogen) atoms. The second kappa shape index (κ2) is 11.7. The monoisotopic (exact) mass is 395 g/mol. The highest BCUT2D eigenvalue weighted by molar-refractivity contribution is 6.02. The van der Waals surface area contributed by atoms with Gasteiger partial charge in [-0.2, -0.15) is 0 Å². The third kappa shape index (κ3) is 8.21. The molecule has 0 spiro atoms. The van der Waals surface area contributed by atoms with E-state index in [0.29, 0.717) is 24.5 Å². The molecule has 0 atom stereocenters. The van der Waals surface area contributed by atoms with E-state index in [2.05, 4.69) is 12.2 Å². The first kappa shape index (κ1) is 22.2. The summed E-state index contributed by atoms with van der Waals surface area (Å²) in [6.45, 7) is 7.18. The van der Waals surface area contributed by atoms with Crippen LogP contribution in [0.25, 0.3) is 6.08 Å². The molecule has 154 valence electrons. The number of unbranched alkanes of at least 4 members (excludes halogenated alkanes) is 1. The van der Waals surface area contributed by atoms with E-state index < -0.39 is 0 Å². The fraction of sp³-hybridized carbons (Fsp3) is 0.333. The van der Waals surface area contributed by atoms with Gasteiger partial charge >= 0.3 is 5.97 Å². The van der Waals surface area contributed by atoms with Crippen LogP contribution >= 0.6 is 0 Å². The summed E-state index contributed by atoms with van der Waals surface area (Å²) < 4.78 is 10.8. The Kier molecular flexibility index (Phi) is 8.96. The molecule has 2 aromatic rings. The molecule has 0 heterocycles. The molecule has 0 aliphatic carbocycles. The van der Waals surface area contributed by atoms with Gasteiger partial charge in [0.1, 0.15) is 5.75 Å². The van der Waals surface area contributed by atoms with E-state index in [9.17, 15) is 9.59 Å². The van der Waals surface area contributed by atoms with Gasteiger partial charge in [-0.3, -0.25) is 4.79 Å². The lowest BCUT2D eigenvalue weighted by molar-refractivity contribution is -0.111. The zero-order valence-electron chi connectivity index (χ0n) is 17.3. The molecule has 0 unspecified atom stereocenters. The van der Waals surface area contributed by atoms with Crippen LogP contribution in [0.1, 0.15) is 49.5 Å². The smallest absolute Gasteiger partial charge is 0.338 e. The Morgan fingerprint density at radius 1 is 1.03 bits per heavy atom. The van der Waals surface area contributed by atoms with Crippen molar-refractivity contribution >= 4 is 23.6 Å². The molecule has 0 saturated heterocycles. The quantitative estimate of drug-likeness (QED) is 0.335. The van der Waals surface area contributed by atoms with Gasteiger partial charge in [-0.1, -0.05) is 39.3 Å². The molecule has 0 aliphatic heterocycles. The molecular weight excluding hydrogens is 366 g/mol. The fourth-order valence-corrected chi connectivity index (χ4v) is 2.38. The third-order valence-corrected chi connectivity index (χ3v) is 4.01. The highest BCUT2D eigenvalue weighted by Gasteiger charge is 2.08. The first-order valence-corrected chi connectivity index (χ1v) is 9.97. The number of rotatable bonds is 10. The lowest BCUT2D eigenvalue weighted by Gasteiger charge is -2.08. The lowest BCUT2D eigenvalue weighted by atomic mass is 10.2. The molecule has 0 radical (unpaired) electrons. The minimum absolute atomic E-state index is 0.247. The average Bonchev–Trinajstić information content (AvgIpc) is 2.72. The Hall–Kier alpha value is -3.08. The zero-order valence-corrected chi connectivity index (χ0v) is 17.3. The van der Waals surface area contributed by atoms with Gasteiger partial charge in [0.15, 0.2) is 0 Å². The van der Waals surface area contributed by atoms with Gasteiger partial charge in [-0.25, -0.2) is 4.79 Å². The molecule has 0 saturated carbocycles. The van der Waals surface area contributed by atoms with Crippen molar-refractivity contribution in [2.75, 3.05) is 18.5 Å². The number of carbonyl (C=O) groups excluding carboxylic acids is 2. The zero-order chi connectivity index (χ0) is 21.1. The van der Waals surface area contributed by atoms with Crippen molar-refractivity contribution in [3.05, 3.63) is 65.7 Å². The lowest BCUT2D eigenvalue weighted by Crippen LogP contribution is -2.11. The topological polar surface area (TPSA) is 64.6 Å². The molecule has 0 bridgehead atoms. The standard InChI is InChI=1S/C24H29NO4/c1-4-5-16-28-22-13-6-19(7-14-22)8-15-23(26)25-21-11-9-20(10-12-21)24(27)29-17-18(2)3/h6-15,18H,4-5,16-17H2,1-3H3,(H,25,26). The Labute approximate surface area is 172 Å². The van der Waals surface area contributed by atoms with Crippen molar-refractivity contribution in [3.63, 3.8) is 0 Å². The third-order valence-electron chi connectivity index (χ3n) is 4.01. The van der Waals surface area contributed by atoms with Crippen LogP contribution in [-0.4, -0.2) is 25.1 Å². The van der Waals surface area contributed by atoms with E-state index in [0.717, 1.165) is 24.2 Å². The molecule has 0 aliphatic rings. The van der Waals surface area contributed by atoms with E-state index in [1.165, 1.54) is 6.08 Å². The maximum atomic E-state index is 12.1. The molecule has 1 amide bonds. The van der Waals surface area contributed by atoms with E-state index in [1.54, 1.807) is 30.3 Å². The van der Waals surface area contributed by atoms with Crippen molar-refractivity contribution in [3.8, 4) is 5.75 Å². The maximum absolute atomic E-state index is 12.1. The van der Waals surface area contributed by atoms with Crippen LogP contribution in [0.4, 0.5) is 5.69 Å². The van der Waals surface area contributed by atoms with E-state index in [4.69, 9.17) is 9.47 Å². The van der Waals surface area contributed by atoms with Crippen LogP contribution in [-0.2, 0) is 9.53 Å². The average molecular weight is 395 g/mol. The van der Waals surface area contributed by atoms with Crippen molar-refractivity contribution in [2.24, 2.45) is 5.92 Å². The predicted molar refractivity (Wildman–Crippen MR) is 116 cm³/mol. The molecular formula is C24H29NO4. The van der Waals surface area contributed by atoms with Gasteiger partial charge in [0.05, 0.1) is 18.8 Å². The first-order valence-electron chi connectivity index (χ1n) is 9.97. The van der Waals surface area contributed by atoms with Crippen LogP contribution in [0.2, 0.25) is 0 Å². The summed E-state index contributed by atoms with van der Waals surface area (Å²) in [5.41, 5.74) is 1.98. The summed E-state index contributed by atoms with van der Waals surface area (Å²) >= 11 is 0. The summed E-state index contributed by atoms with van der Waals surface area (Å²) in [6.07, 6.45) is 5.34. The Balaban J connectivity index is 1.84. The Morgan fingerprint density at radius 3 is 2.34 bits per heavy atom. The van der Waals surface area contributed by atoms with Crippen LogP contribution in [0.3, 0.4) is 0 Å². The number of esters is 1. The largest absolute Gasteiger partial charge is 0.494 e. The van der Waals surface area contributed by atoms with Crippen LogP contribution in [0, 0.1) is 5.92 Å². The summed E-state index contributed by atoms with van der Waals surface area (Å²) in [5.74, 6) is 0.503. The predicted octanol–water partition coefficient (Wildman–Crippen LogP) is 5.33. The van der Waals surface area contributed by atoms with E-state index >= 15 is 0 Å². The summed E-state index contributed by atoms with van der Waals surface area (Å²) in [5, 5.41) is 2.77. The summed E-state index contributed by atoms with van der Waals surface area (Å²) in [6, 6.07) is 14.2. The van der Waals surface area contributed by atoms with Crippen molar-refractivity contribution < 1.29 is 19.1 Å². The number of carbonyl (C=O) groups is 2. The summed E-state index contributed by atoms with van der Waals surface area (Å²) in [4.78, 5) is 24.0. The van der Waals surface area contributed by atoms with Gasteiger partial charge in [0.25, 0.3) is 0 Å². The minimum atomic E-state index is -0.362. The number of anilines is 1. The number of nitrogens with one attached hydrogen (secondary N) is 1. The Bertz CT molecular complexity index is 808. The van der Waals surface area contributed by atoms with Crippen molar-refractivity contribution in [1.82, 2.24) is 0 Å². The van der Waals surface area contributed by atoms with Crippen molar-refractivity contribution in [1.29, 1.82) is 0 Å². The molecule has 2 aromatic carbocycles.